The monoisotopic (exact) mass is 402 g/mol. The van der Waals surface area contributed by atoms with Crippen molar-refractivity contribution in [2.24, 2.45) is 0 Å². The Labute approximate surface area is 135 Å². The molecule has 0 radical (unpaired) electrons. The first kappa shape index (κ1) is 19.1. The van der Waals surface area contributed by atoms with Gasteiger partial charge in [0.05, 0.1) is 0 Å². The second kappa shape index (κ2) is 9.91. The Morgan fingerprint density at radius 2 is 1.43 bits per heavy atom. The Morgan fingerprint density at radius 3 is 1.81 bits per heavy atom. The van der Waals surface area contributed by atoms with Crippen LogP contribution < -0.4 is 0 Å². The molecule has 0 saturated heterocycles. The number of unbranched alkanes of at least 4 members (excludes halogenated alkanes) is 3. The molecule has 0 atom stereocenters. The van der Waals surface area contributed by atoms with Crippen molar-refractivity contribution in [3.63, 3.8) is 0 Å². The predicted octanol–water partition coefficient (Wildman–Crippen LogP) is 5.94. The second-order valence-corrected chi connectivity index (χ2v) is 20.0. The quantitative estimate of drug-likeness (QED) is 0.435. The minimum absolute atomic E-state index is 0.604. The van der Waals surface area contributed by atoms with Crippen LogP contribution in [0.5, 0.6) is 0 Å². The number of hydrogen-bond donors (Lipinski definition) is 1. The van der Waals surface area contributed by atoms with Gasteiger partial charge in [0.25, 0.3) is 0 Å². The fourth-order valence-corrected chi connectivity index (χ4v) is 22.0. The average Bonchev–Trinajstić information content (AvgIpc) is 2.97. The molecule has 0 heterocycles. The SMILES string of the molecule is CCC[CH2][Sn]([CH2]CCC)([CH2]CCC)[C]1=C(C(=O)O)CCC1. The van der Waals surface area contributed by atoms with Crippen LogP contribution in [-0.2, 0) is 4.79 Å². The molecule has 1 aliphatic rings. The van der Waals surface area contributed by atoms with Crippen molar-refractivity contribution in [1.29, 1.82) is 0 Å². The molecular weight excluding hydrogens is 367 g/mol. The molecule has 1 N–H and O–H groups in total. The van der Waals surface area contributed by atoms with Gasteiger partial charge in [-0.05, 0) is 0 Å². The van der Waals surface area contributed by atoms with Gasteiger partial charge in [-0.15, -0.1) is 0 Å². The molecule has 3 heteroatoms. The number of carboxylic acid groups (broad SMARTS) is 1. The van der Waals surface area contributed by atoms with Gasteiger partial charge in [0.15, 0.2) is 0 Å². The first-order valence-electron chi connectivity index (χ1n) is 9.07. The first-order chi connectivity index (χ1) is 10.1. The zero-order valence-corrected chi connectivity index (χ0v) is 17.2. The van der Waals surface area contributed by atoms with Crippen LogP contribution in [0.4, 0.5) is 0 Å². The van der Waals surface area contributed by atoms with Gasteiger partial charge in [0, 0.05) is 0 Å². The van der Waals surface area contributed by atoms with Gasteiger partial charge in [0.2, 0.25) is 0 Å². The summed E-state index contributed by atoms with van der Waals surface area (Å²) in [6.07, 6.45) is 10.8. The summed E-state index contributed by atoms with van der Waals surface area (Å²) in [5.74, 6) is -0.604. The van der Waals surface area contributed by atoms with Crippen LogP contribution in [0.15, 0.2) is 9.16 Å². The Bertz CT molecular complexity index is 338. The van der Waals surface area contributed by atoms with E-state index in [1.807, 2.05) is 0 Å². The molecule has 0 bridgehead atoms. The number of allylic oxidation sites excluding steroid dienone is 1. The van der Waals surface area contributed by atoms with Crippen LogP contribution in [0.25, 0.3) is 0 Å². The molecule has 0 amide bonds. The second-order valence-electron chi connectivity index (χ2n) is 6.71. The summed E-state index contributed by atoms with van der Waals surface area (Å²) in [7, 11) is 0. The minimum atomic E-state index is -2.44. The number of rotatable bonds is 11. The van der Waals surface area contributed by atoms with E-state index in [0.717, 1.165) is 24.8 Å². The van der Waals surface area contributed by atoms with E-state index in [4.69, 9.17) is 0 Å². The van der Waals surface area contributed by atoms with Gasteiger partial charge in [-0.25, -0.2) is 0 Å². The molecule has 0 spiro atoms. The summed E-state index contributed by atoms with van der Waals surface area (Å²) >= 11 is -2.44. The molecular formula is C18H34O2Sn. The summed E-state index contributed by atoms with van der Waals surface area (Å²) in [5, 5.41) is 9.60. The standard InChI is InChI=1S/C6H7O2.3C4H9.Sn/c7-6(8)5-3-1-2-4-5;3*1-3-4-2;/h1-3H2,(H,7,8);3*1,3-4H2,2H3;. The van der Waals surface area contributed by atoms with Gasteiger partial charge in [0.1, 0.15) is 0 Å². The van der Waals surface area contributed by atoms with Crippen molar-refractivity contribution in [2.75, 3.05) is 0 Å². The predicted molar refractivity (Wildman–Crippen MR) is 93.4 cm³/mol. The maximum absolute atomic E-state index is 11.7. The molecule has 0 aliphatic heterocycles. The van der Waals surface area contributed by atoms with Crippen LogP contribution in [-0.4, -0.2) is 29.5 Å². The molecule has 0 aromatic rings. The topological polar surface area (TPSA) is 37.3 Å². The van der Waals surface area contributed by atoms with E-state index in [2.05, 4.69) is 20.8 Å². The normalized spacial score (nSPS) is 15.8. The number of hydrogen-bond acceptors (Lipinski definition) is 1. The fourth-order valence-electron chi connectivity index (χ4n) is 3.94. The molecule has 21 heavy (non-hydrogen) atoms. The fraction of sp³-hybridized carbons (Fsp3) is 0.833. The van der Waals surface area contributed by atoms with Gasteiger partial charge in [-0.3, -0.25) is 0 Å². The van der Waals surface area contributed by atoms with Crippen molar-refractivity contribution in [3.05, 3.63) is 9.16 Å². The van der Waals surface area contributed by atoms with Crippen LogP contribution in [0.1, 0.15) is 78.6 Å². The van der Waals surface area contributed by atoms with Crippen molar-refractivity contribution in [2.45, 2.75) is 91.9 Å². The summed E-state index contributed by atoms with van der Waals surface area (Å²) in [4.78, 5) is 11.7. The Morgan fingerprint density at radius 1 is 0.952 bits per heavy atom. The summed E-state index contributed by atoms with van der Waals surface area (Å²) in [6.45, 7) is 6.83. The van der Waals surface area contributed by atoms with Gasteiger partial charge < -0.3 is 0 Å². The summed E-state index contributed by atoms with van der Waals surface area (Å²) < 4.78 is 5.73. The summed E-state index contributed by atoms with van der Waals surface area (Å²) in [6, 6.07) is 0. The van der Waals surface area contributed by atoms with Crippen molar-refractivity contribution in [1.82, 2.24) is 0 Å². The molecule has 0 aromatic carbocycles. The Balaban J connectivity index is 3.11. The van der Waals surface area contributed by atoms with Gasteiger partial charge in [-0.1, -0.05) is 0 Å². The van der Waals surface area contributed by atoms with Crippen molar-refractivity contribution >= 4 is 24.3 Å². The number of carboxylic acids is 1. The third-order valence-electron chi connectivity index (χ3n) is 5.14. The van der Waals surface area contributed by atoms with E-state index in [1.54, 1.807) is 0 Å². The number of carbonyl (C=O) groups is 1. The molecule has 2 nitrogen and oxygen atoms in total. The third kappa shape index (κ3) is 5.29. The van der Waals surface area contributed by atoms with E-state index in [1.165, 1.54) is 55.4 Å². The zero-order valence-electron chi connectivity index (χ0n) is 14.3. The molecule has 122 valence electrons. The molecule has 0 aromatic heterocycles. The molecule has 1 rings (SSSR count). The van der Waals surface area contributed by atoms with Crippen molar-refractivity contribution in [3.8, 4) is 0 Å². The van der Waals surface area contributed by atoms with Crippen LogP contribution in [0, 0.1) is 0 Å². The van der Waals surface area contributed by atoms with E-state index >= 15 is 0 Å². The van der Waals surface area contributed by atoms with Crippen LogP contribution in [0.3, 0.4) is 0 Å². The molecule has 1 aliphatic carbocycles. The molecule has 0 unspecified atom stereocenters. The molecule has 0 fully saturated rings. The van der Waals surface area contributed by atoms with Crippen LogP contribution >= 0.6 is 0 Å². The third-order valence-corrected chi connectivity index (χ3v) is 21.6. The molecule has 0 saturated carbocycles. The zero-order chi connectivity index (χ0) is 15.7. The van der Waals surface area contributed by atoms with E-state index in [9.17, 15) is 9.90 Å². The van der Waals surface area contributed by atoms with Crippen LogP contribution in [0.2, 0.25) is 13.3 Å². The Kier molecular flexibility index (Phi) is 8.99. The number of aliphatic carboxylic acids is 1. The Hall–Kier alpha value is 0.00870. The van der Waals surface area contributed by atoms with E-state index in [-0.39, 0.29) is 0 Å². The van der Waals surface area contributed by atoms with Crippen molar-refractivity contribution < 1.29 is 9.90 Å². The van der Waals surface area contributed by atoms with E-state index < -0.39 is 24.3 Å². The van der Waals surface area contributed by atoms with Gasteiger partial charge in [-0.2, -0.15) is 0 Å². The van der Waals surface area contributed by atoms with Gasteiger partial charge >= 0.3 is 135 Å². The first-order valence-corrected chi connectivity index (χ1v) is 16.5. The average molecular weight is 401 g/mol. The maximum atomic E-state index is 11.7. The van der Waals surface area contributed by atoms with E-state index in [0.29, 0.717) is 0 Å². The summed E-state index contributed by atoms with van der Waals surface area (Å²) in [5.41, 5.74) is 0.856.